The van der Waals surface area contributed by atoms with E-state index in [1.807, 2.05) is 50.2 Å². The lowest BCUT2D eigenvalue weighted by Gasteiger charge is -2.32. The number of anilines is 1. The molecule has 0 saturated carbocycles. The summed E-state index contributed by atoms with van der Waals surface area (Å²) in [6.45, 7) is 10.1. The highest BCUT2D eigenvalue weighted by molar-refractivity contribution is 7.92. The lowest BCUT2D eigenvalue weighted by atomic mass is 10.0. The molecule has 1 atom stereocenters. The van der Waals surface area contributed by atoms with Crippen molar-refractivity contribution in [2.45, 2.75) is 70.9 Å². The minimum absolute atomic E-state index is 0.0892. The molecule has 214 valence electrons. The van der Waals surface area contributed by atoms with Crippen molar-refractivity contribution in [3.63, 3.8) is 0 Å². The third-order valence-electron chi connectivity index (χ3n) is 6.89. The highest BCUT2D eigenvalue weighted by Gasteiger charge is 2.32. The van der Waals surface area contributed by atoms with Crippen molar-refractivity contribution in [1.29, 1.82) is 0 Å². The number of carbonyl (C=O) groups excluding carboxylic acids is 2. The summed E-state index contributed by atoms with van der Waals surface area (Å²) in [5, 5.41) is 2.91. The van der Waals surface area contributed by atoms with Gasteiger partial charge in [0, 0.05) is 13.1 Å². The van der Waals surface area contributed by atoms with Gasteiger partial charge in [0.2, 0.25) is 11.8 Å². The number of nitrogens with one attached hydrogen (secondary N) is 1. The number of rotatable bonds is 13. The second-order valence-corrected chi connectivity index (χ2v) is 12.3. The fourth-order valence-electron chi connectivity index (χ4n) is 4.40. The number of benzene rings is 3. The average Bonchev–Trinajstić information content (AvgIpc) is 2.94. The Morgan fingerprint density at radius 3 is 2.17 bits per heavy atom. The number of carbonyl (C=O) groups is 2. The standard InChI is InChI=1S/C32H41N3O4S/c1-6-7-20-33-32(37)26(5)34(22-27-13-11-12-25(4)21-27)31(36)23-35(29-18-16-28(17-19-29)24(2)3)40(38,39)30-14-9-8-10-15-30/h8-19,21,24,26H,6-7,20,22-23H2,1-5H3,(H,33,37)/t26-/m1/s1. The average molecular weight is 564 g/mol. The monoisotopic (exact) mass is 563 g/mol. The van der Waals surface area contributed by atoms with Crippen LogP contribution in [0.1, 0.15) is 63.1 Å². The van der Waals surface area contributed by atoms with E-state index in [1.54, 1.807) is 37.3 Å². The molecule has 2 amide bonds. The zero-order valence-corrected chi connectivity index (χ0v) is 24.9. The number of nitrogens with zero attached hydrogens (tertiary/aromatic N) is 2. The van der Waals surface area contributed by atoms with Crippen LogP contribution in [0.4, 0.5) is 5.69 Å². The fourth-order valence-corrected chi connectivity index (χ4v) is 5.84. The lowest BCUT2D eigenvalue weighted by Crippen LogP contribution is -2.51. The van der Waals surface area contributed by atoms with Crippen LogP contribution in [-0.2, 0) is 26.2 Å². The molecule has 0 aromatic heterocycles. The summed E-state index contributed by atoms with van der Waals surface area (Å²) in [7, 11) is -4.07. The molecule has 0 unspecified atom stereocenters. The molecule has 3 aromatic carbocycles. The third kappa shape index (κ3) is 7.94. The van der Waals surface area contributed by atoms with E-state index in [-0.39, 0.29) is 23.3 Å². The molecule has 0 aliphatic carbocycles. The van der Waals surface area contributed by atoms with Gasteiger partial charge in [0.1, 0.15) is 12.6 Å². The van der Waals surface area contributed by atoms with Gasteiger partial charge < -0.3 is 10.2 Å². The van der Waals surface area contributed by atoms with Gasteiger partial charge in [-0.2, -0.15) is 0 Å². The molecular weight excluding hydrogens is 522 g/mol. The first-order valence-corrected chi connectivity index (χ1v) is 15.3. The summed E-state index contributed by atoms with van der Waals surface area (Å²) in [5.74, 6) is -0.466. The topological polar surface area (TPSA) is 86.8 Å². The quantitative estimate of drug-likeness (QED) is 0.273. The number of amides is 2. The summed E-state index contributed by atoms with van der Waals surface area (Å²) in [6, 6.07) is 22.2. The van der Waals surface area contributed by atoms with E-state index in [9.17, 15) is 18.0 Å². The number of sulfonamides is 1. The van der Waals surface area contributed by atoms with Crippen LogP contribution in [0.25, 0.3) is 0 Å². The van der Waals surface area contributed by atoms with Crippen LogP contribution in [0.5, 0.6) is 0 Å². The van der Waals surface area contributed by atoms with E-state index in [1.165, 1.54) is 17.0 Å². The molecule has 0 aliphatic rings. The number of hydrogen-bond acceptors (Lipinski definition) is 4. The molecule has 0 heterocycles. The fraction of sp³-hybridized carbons (Fsp3) is 0.375. The predicted octanol–water partition coefficient (Wildman–Crippen LogP) is 5.65. The second kappa shape index (κ2) is 14.1. The molecule has 3 rings (SSSR count). The van der Waals surface area contributed by atoms with Gasteiger partial charge >= 0.3 is 0 Å². The number of aryl methyl sites for hydroxylation is 1. The predicted molar refractivity (Wildman–Crippen MR) is 161 cm³/mol. The van der Waals surface area contributed by atoms with E-state index in [0.29, 0.717) is 12.2 Å². The number of unbranched alkanes of at least 4 members (excludes halogenated alkanes) is 1. The maximum Gasteiger partial charge on any atom is 0.264 e. The summed E-state index contributed by atoms with van der Waals surface area (Å²) in [6.07, 6.45) is 1.77. The number of hydrogen-bond donors (Lipinski definition) is 1. The largest absolute Gasteiger partial charge is 0.354 e. The molecule has 0 spiro atoms. The van der Waals surface area contributed by atoms with Gasteiger partial charge in [-0.1, -0.05) is 87.4 Å². The molecule has 0 fully saturated rings. The van der Waals surface area contributed by atoms with Crippen LogP contribution in [0, 0.1) is 6.92 Å². The molecule has 1 N–H and O–H groups in total. The van der Waals surface area contributed by atoms with E-state index in [2.05, 4.69) is 19.2 Å². The van der Waals surface area contributed by atoms with Crippen LogP contribution in [0.2, 0.25) is 0 Å². The van der Waals surface area contributed by atoms with E-state index >= 15 is 0 Å². The van der Waals surface area contributed by atoms with E-state index in [4.69, 9.17) is 0 Å². The van der Waals surface area contributed by atoms with Gasteiger partial charge in [0.25, 0.3) is 10.0 Å². The first-order chi connectivity index (χ1) is 19.0. The van der Waals surface area contributed by atoms with Gasteiger partial charge in [-0.25, -0.2) is 8.42 Å². The maximum atomic E-state index is 14.0. The molecule has 0 saturated heterocycles. The Bertz CT molecular complexity index is 1370. The second-order valence-electron chi connectivity index (χ2n) is 10.4. The van der Waals surface area contributed by atoms with Crippen LogP contribution < -0.4 is 9.62 Å². The summed E-state index contributed by atoms with van der Waals surface area (Å²) < 4.78 is 28.9. The van der Waals surface area contributed by atoms with Crippen molar-refractivity contribution in [3.8, 4) is 0 Å². The molecule has 0 bridgehead atoms. The Kier molecular flexibility index (Phi) is 10.9. The smallest absolute Gasteiger partial charge is 0.264 e. The third-order valence-corrected chi connectivity index (χ3v) is 8.68. The Balaban J connectivity index is 2.00. The van der Waals surface area contributed by atoms with E-state index in [0.717, 1.165) is 33.8 Å². The minimum Gasteiger partial charge on any atom is -0.354 e. The molecule has 40 heavy (non-hydrogen) atoms. The highest BCUT2D eigenvalue weighted by atomic mass is 32.2. The van der Waals surface area contributed by atoms with Crippen LogP contribution in [0.3, 0.4) is 0 Å². The van der Waals surface area contributed by atoms with Crippen molar-refractivity contribution in [3.05, 3.63) is 95.6 Å². The Hall–Kier alpha value is -3.65. The van der Waals surface area contributed by atoms with Gasteiger partial charge in [-0.15, -0.1) is 0 Å². The molecule has 7 nitrogen and oxygen atoms in total. The minimum atomic E-state index is -4.07. The highest BCUT2D eigenvalue weighted by Crippen LogP contribution is 2.26. The van der Waals surface area contributed by atoms with Crippen molar-refractivity contribution in [2.24, 2.45) is 0 Å². The van der Waals surface area contributed by atoms with Crippen molar-refractivity contribution in [1.82, 2.24) is 10.2 Å². The van der Waals surface area contributed by atoms with E-state index < -0.39 is 28.5 Å². The Morgan fingerprint density at radius 2 is 1.57 bits per heavy atom. The lowest BCUT2D eigenvalue weighted by molar-refractivity contribution is -0.139. The summed E-state index contributed by atoms with van der Waals surface area (Å²) in [5.41, 5.74) is 3.34. The van der Waals surface area contributed by atoms with Crippen molar-refractivity contribution >= 4 is 27.5 Å². The van der Waals surface area contributed by atoms with Crippen LogP contribution in [0.15, 0.2) is 83.8 Å². The van der Waals surface area contributed by atoms with Crippen LogP contribution >= 0.6 is 0 Å². The normalized spacial score (nSPS) is 12.2. The molecule has 3 aromatic rings. The van der Waals surface area contributed by atoms with Crippen molar-refractivity contribution in [2.75, 3.05) is 17.4 Å². The Labute approximate surface area is 239 Å². The zero-order chi connectivity index (χ0) is 29.3. The van der Waals surface area contributed by atoms with Crippen molar-refractivity contribution < 1.29 is 18.0 Å². The van der Waals surface area contributed by atoms with Gasteiger partial charge in [-0.3, -0.25) is 13.9 Å². The van der Waals surface area contributed by atoms with Gasteiger partial charge in [0.15, 0.2) is 0 Å². The summed E-state index contributed by atoms with van der Waals surface area (Å²) in [4.78, 5) is 28.6. The maximum absolute atomic E-state index is 14.0. The van der Waals surface area contributed by atoms with Crippen LogP contribution in [-0.4, -0.2) is 44.3 Å². The molecule has 0 aliphatic heterocycles. The molecule has 0 radical (unpaired) electrons. The molecular formula is C32H41N3O4S. The Morgan fingerprint density at radius 1 is 0.900 bits per heavy atom. The SMILES string of the molecule is CCCCNC(=O)[C@@H](C)N(Cc1cccc(C)c1)C(=O)CN(c1ccc(C(C)C)cc1)S(=O)(=O)c1ccccc1. The zero-order valence-electron chi connectivity index (χ0n) is 24.1. The summed E-state index contributed by atoms with van der Waals surface area (Å²) >= 11 is 0. The van der Waals surface area contributed by atoms with Gasteiger partial charge in [0.05, 0.1) is 10.6 Å². The first kappa shape index (κ1) is 30.9. The molecule has 8 heteroatoms. The van der Waals surface area contributed by atoms with Gasteiger partial charge in [-0.05, 0) is 61.6 Å². The first-order valence-electron chi connectivity index (χ1n) is 13.8.